The zero-order valence-corrected chi connectivity index (χ0v) is 47.0. The van der Waals surface area contributed by atoms with Crippen LogP contribution in [-0.2, 0) is 35.5 Å². The van der Waals surface area contributed by atoms with Crippen LogP contribution in [0.5, 0.6) is 0 Å². The van der Waals surface area contributed by atoms with E-state index in [1.54, 1.807) is 21.8 Å². The van der Waals surface area contributed by atoms with E-state index in [1.165, 1.54) is 34.0 Å². The molecule has 6 rings (SSSR count). The number of hydrogen-bond acceptors (Lipinski definition) is 9. The number of halogens is 3. The number of rotatable bonds is 14. The fraction of sp³-hybridized carbons (Fsp3) is 0.420. The summed E-state index contributed by atoms with van der Waals surface area (Å²) >= 11 is 24.0. The molecule has 3 aromatic heterocycles. The van der Waals surface area contributed by atoms with Gasteiger partial charge >= 0.3 is 11.9 Å². The summed E-state index contributed by atoms with van der Waals surface area (Å²) in [5, 5.41) is 23.9. The Morgan fingerprint density at radius 3 is 1.25 bits per heavy atom. The van der Waals surface area contributed by atoms with Crippen molar-refractivity contribution in [3.8, 4) is 33.8 Å². The summed E-state index contributed by atoms with van der Waals surface area (Å²) < 4.78 is 10.8. The number of ether oxygens (including phenoxy) is 1. The maximum absolute atomic E-state index is 11.9. The minimum atomic E-state index is -1.63. The van der Waals surface area contributed by atoms with Crippen molar-refractivity contribution in [2.45, 2.75) is 120 Å². The number of carboxylic acid groups (broad SMARTS) is 1. The van der Waals surface area contributed by atoms with Crippen LogP contribution in [0.1, 0.15) is 79.0 Å². The zero-order chi connectivity index (χ0) is 50.1. The van der Waals surface area contributed by atoms with E-state index in [1.807, 2.05) is 109 Å². The highest BCUT2D eigenvalue weighted by Crippen LogP contribution is 2.54. The highest BCUT2D eigenvalue weighted by Gasteiger charge is 2.45. The number of carbonyl (C=O) groups excluding carboxylic acids is 1. The largest absolute Gasteiger partial charge is 0.481 e. The molecule has 0 unspecified atom stereocenters. The Labute approximate surface area is 425 Å². The molecule has 17 heteroatoms. The molecule has 0 fully saturated rings. The lowest BCUT2D eigenvalue weighted by atomic mass is 10.1. The van der Waals surface area contributed by atoms with E-state index in [2.05, 4.69) is 87.1 Å². The molecule has 10 nitrogen and oxygen atoms in total. The molecule has 0 saturated carbocycles. The van der Waals surface area contributed by atoms with Gasteiger partial charge in [0.15, 0.2) is 0 Å². The molecule has 0 saturated heterocycles. The van der Waals surface area contributed by atoms with Crippen molar-refractivity contribution in [1.29, 1.82) is 0 Å². The number of aryl methyl sites for hydroxylation is 6. The molecule has 0 amide bonds. The normalized spacial score (nSPS) is 11.7. The van der Waals surface area contributed by atoms with Crippen LogP contribution < -0.4 is 0 Å². The van der Waals surface area contributed by atoms with Gasteiger partial charge < -0.3 is 9.84 Å². The third-order valence-electron chi connectivity index (χ3n) is 11.0. The van der Waals surface area contributed by atoms with Gasteiger partial charge in [-0.2, -0.15) is 15.3 Å². The van der Waals surface area contributed by atoms with Crippen molar-refractivity contribution in [3.63, 3.8) is 0 Å². The van der Waals surface area contributed by atoms with E-state index in [0.717, 1.165) is 59.7 Å². The molecule has 1 N–H and O–H groups in total. The first-order valence-electron chi connectivity index (χ1n) is 22.0. The highest BCUT2D eigenvalue weighted by molar-refractivity contribution is 8.29. The van der Waals surface area contributed by atoms with E-state index >= 15 is 0 Å². The van der Waals surface area contributed by atoms with Gasteiger partial charge in [-0.05, 0) is 93.1 Å². The first-order chi connectivity index (χ1) is 31.3. The van der Waals surface area contributed by atoms with E-state index in [4.69, 9.17) is 44.6 Å². The lowest BCUT2D eigenvalue weighted by Crippen LogP contribution is -2.41. The number of carbonyl (C=O) groups is 2. The minimum absolute atomic E-state index is 0.00216. The van der Waals surface area contributed by atoms with Crippen LogP contribution in [0, 0.1) is 20.8 Å². The number of aromatic nitrogens is 6. The van der Waals surface area contributed by atoms with Crippen molar-refractivity contribution in [3.05, 3.63) is 105 Å². The Bertz CT molecular complexity index is 2630. The molecule has 0 aliphatic carbocycles. The van der Waals surface area contributed by atoms with Crippen LogP contribution in [-0.4, -0.2) is 70.7 Å². The number of carboxylic acids is 1. The number of thioether (sulfide) groups is 2. The van der Waals surface area contributed by atoms with E-state index < -0.39 is 18.8 Å². The van der Waals surface area contributed by atoms with Crippen molar-refractivity contribution in [1.82, 2.24) is 29.3 Å². The quantitative estimate of drug-likeness (QED) is 0.0642. The molecule has 3 heterocycles. The molecular weight excluding hydrogens is 979 g/mol. The fourth-order valence-corrected chi connectivity index (χ4v) is 19.9. The van der Waals surface area contributed by atoms with Crippen LogP contribution in [0.15, 0.2) is 87.9 Å². The molecule has 6 aromatic rings. The van der Waals surface area contributed by atoms with Crippen molar-refractivity contribution < 1.29 is 19.4 Å². The lowest BCUT2D eigenvalue weighted by molar-refractivity contribution is -0.151. The second kappa shape index (κ2) is 24.3. The number of benzene rings is 3. The van der Waals surface area contributed by atoms with E-state index in [-0.39, 0.29) is 17.5 Å². The molecule has 3 aromatic carbocycles. The Hall–Kier alpha value is -3.63. The maximum atomic E-state index is 11.9. The Morgan fingerprint density at radius 2 is 0.940 bits per heavy atom. The standard InChI is InChI=1S/C20H31ClN2SSi.C17H21ClN2O2S.C13H13ClN2O2S/c1-13(2)25(14(3)4,15(5)6)24-19-12-22-23(8)20(19)17-10-9-16(7)11-18(17)21;1-11-6-7-12(13(18)8-11)16-14(9-19-20(16)5)23-10-15(21)22-17(2,3)4;1-8-3-4-9(10(14)5-8)13-11(6-15-16(13)2)19-7-12(17)18/h9-15H,1-8H3;6-9H,10H2,1-5H3;3-6H,7H2,1-2H3,(H,17,18). The summed E-state index contributed by atoms with van der Waals surface area (Å²) in [6, 6.07) is 18.0. The Kier molecular flexibility index (Phi) is 20.3. The molecular formula is C50H65Cl3N6O4S3Si. The summed E-state index contributed by atoms with van der Waals surface area (Å²) in [6.07, 6.45) is 5.45. The Morgan fingerprint density at radius 1 is 0.612 bits per heavy atom. The molecule has 0 aliphatic rings. The van der Waals surface area contributed by atoms with Crippen LogP contribution in [0.25, 0.3) is 33.8 Å². The molecule has 0 aliphatic heterocycles. The van der Waals surface area contributed by atoms with Gasteiger partial charge in [-0.1, -0.05) is 113 Å². The van der Waals surface area contributed by atoms with Crippen molar-refractivity contribution in [2.75, 3.05) is 11.5 Å². The van der Waals surface area contributed by atoms with Gasteiger partial charge in [0, 0.05) is 42.7 Å². The minimum Gasteiger partial charge on any atom is -0.481 e. The number of nitrogens with zero attached hydrogens (tertiary/aromatic N) is 6. The number of aliphatic carboxylic acids is 1. The average molecular weight is 1040 g/mol. The van der Waals surface area contributed by atoms with Crippen molar-refractivity contribution >= 4 is 88.7 Å². The molecule has 0 spiro atoms. The summed E-state index contributed by atoms with van der Waals surface area (Å²) in [5.74, 6) is -0.858. The lowest BCUT2D eigenvalue weighted by Gasteiger charge is -2.42. The predicted molar refractivity (Wildman–Crippen MR) is 287 cm³/mol. The second-order valence-electron chi connectivity index (χ2n) is 18.4. The van der Waals surface area contributed by atoms with Gasteiger partial charge in [-0.3, -0.25) is 23.6 Å². The fourth-order valence-electron chi connectivity index (χ4n) is 8.09. The van der Waals surface area contributed by atoms with E-state index in [9.17, 15) is 9.59 Å². The van der Waals surface area contributed by atoms with Crippen LogP contribution in [0.4, 0.5) is 0 Å². The van der Waals surface area contributed by atoms with Gasteiger partial charge in [0.25, 0.3) is 0 Å². The van der Waals surface area contributed by atoms with Gasteiger partial charge in [0.2, 0.25) is 0 Å². The molecule has 67 heavy (non-hydrogen) atoms. The first-order valence-corrected chi connectivity index (χ1v) is 28.9. The first kappa shape index (κ1) is 56.0. The SMILES string of the molecule is Cc1ccc(-c2c(SCC(=O)O)cnn2C)c(Cl)c1.Cc1ccc(-c2c(SCC(=O)OC(C)(C)C)cnn2C)c(Cl)c1.Cc1ccc(-c2c(S[Si](C(C)C)(C(C)C)C(C)C)cnn2C)c(Cl)c1. The number of hydrogen-bond donors (Lipinski definition) is 1. The summed E-state index contributed by atoms with van der Waals surface area (Å²) in [6.45, 7) is 26.0. The van der Waals surface area contributed by atoms with Crippen LogP contribution in [0.3, 0.4) is 0 Å². The van der Waals surface area contributed by atoms with Gasteiger partial charge in [0.1, 0.15) is 12.8 Å². The van der Waals surface area contributed by atoms with Gasteiger partial charge in [-0.15, -0.1) is 34.7 Å². The van der Waals surface area contributed by atoms with Crippen LogP contribution >= 0.6 is 69.5 Å². The van der Waals surface area contributed by atoms with Gasteiger partial charge in [0.05, 0.1) is 72.0 Å². The smallest absolute Gasteiger partial charge is 0.316 e. The molecule has 0 radical (unpaired) electrons. The maximum Gasteiger partial charge on any atom is 0.316 e. The third kappa shape index (κ3) is 14.7. The number of esters is 1. The summed E-state index contributed by atoms with van der Waals surface area (Å²) in [5.41, 5.74) is 10.7. The van der Waals surface area contributed by atoms with Gasteiger partial charge in [-0.25, -0.2) is 0 Å². The zero-order valence-electron chi connectivity index (χ0n) is 41.3. The van der Waals surface area contributed by atoms with Crippen LogP contribution in [0.2, 0.25) is 31.7 Å². The molecule has 0 atom stereocenters. The summed E-state index contributed by atoms with van der Waals surface area (Å²) in [4.78, 5) is 25.6. The van der Waals surface area contributed by atoms with E-state index in [0.29, 0.717) is 26.7 Å². The molecule has 362 valence electrons. The third-order valence-corrected chi connectivity index (χ3v) is 26.1. The second-order valence-corrected chi connectivity index (χ2v) is 30.2. The predicted octanol–water partition coefficient (Wildman–Crippen LogP) is 15.0. The topological polar surface area (TPSA) is 117 Å². The Balaban J connectivity index is 0.000000221. The molecule has 0 bridgehead atoms. The van der Waals surface area contributed by atoms with Crippen molar-refractivity contribution in [2.24, 2.45) is 21.1 Å². The average Bonchev–Trinajstić information content (AvgIpc) is 3.89. The summed E-state index contributed by atoms with van der Waals surface area (Å²) in [7, 11) is 4.07. The highest BCUT2D eigenvalue weighted by atomic mass is 35.5. The monoisotopic (exact) mass is 1040 g/mol.